The van der Waals surface area contributed by atoms with E-state index in [1.54, 1.807) is 0 Å². The third kappa shape index (κ3) is 2.81. The van der Waals surface area contributed by atoms with Crippen molar-refractivity contribution in [1.29, 1.82) is 0 Å². The standard InChI is InChI=1S/C15H25BrN2/c1-12-13(2)17-18(14(12)3)11-15(10-16)8-6-4-5-7-9-15/h4-11H2,1-3H3. The van der Waals surface area contributed by atoms with E-state index in [0.29, 0.717) is 5.41 Å². The Morgan fingerprint density at radius 1 is 1.11 bits per heavy atom. The fraction of sp³-hybridized carbons (Fsp3) is 0.800. The van der Waals surface area contributed by atoms with Gasteiger partial charge in [-0.1, -0.05) is 41.6 Å². The van der Waals surface area contributed by atoms with Crippen molar-refractivity contribution >= 4 is 15.9 Å². The second kappa shape index (κ2) is 5.77. The number of aryl methyl sites for hydroxylation is 1. The highest BCUT2D eigenvalue weighted by molar-refractivity contribution is 9.09. The highest BCUT2D eigenvalue weighted by Crippen LogP contribution is 2.38. The Morgan fingerprint density at radius 3 is 2.17 bits per heavy atom. The summed E-state index contributed by atoms with van der Waals surface area (Å²) in [6.45, 7) is 7.58. The van der Waals surface area contributed by atoms with Gasteiger partial charge in [-0.3, -0.25) is 4.68 Å². The summed E-state index contributed by atoms with van der Waals surface area (Å²) in [5, 5.41) is 5.83. The highest BCUT2D eigenvalue weighted by atomic mass is 79.9. The molecule has 1 fully saturated rings. The van der Waals surface area contributed by atoms with Crippen LogP contribution in [-0.2, 0) is 6.54 Å². The van der Waals surface area contributed by atoms with Crippen LogP contribution in [-0.4, -0.2) is 15.1 Å². The zero-order valence-electron chi connectivity index (χ0n) is 11.9. The van der Waals surface area contributed by atoms with Gasteiger partial charge in [0.15, 0.2) is 0 Å². The Morgan fingerprint density at radius 2 is 1.72 bits per heavy atom. The first-order chi connectivity index (χ1) is 8.58. The number of alkyl halides is 1. The number of nitrogens with zero attached hydrogens (tertiary/aromatic N) is 2. The van der Waals surface area contributed by atoms with Gasteiger partial charge in [0.1, 0.15) is 0 Å². The highest BCUT2D eigenvalue weighted by Gasteiger charge is 2.31. The zero-order valence-corrected chi connectivity index (χ0v) is 13.5. The monoisotopic (exact) mass is 312 g/mol. The van der Waals surface area contributed by atoms with Gasteiger partial charge in [0.2, 0.25) is 0 Å². The van der Waals surface area contributed by atoms with E-state index in [-0.39, 0.29) is 0 Å². The molecule has 0 unspecified atom stereocenters. The van der Waals surface area contributed by atoms with Crippen molar-refractivity contribution in [2.75, 3.05) is 5.33 Å². The molecule has 1 heterocycles. The molecule has 0 aliphatic heterocycles. The molecular weight excluding hydrogens is 288 g/mol. The van der Waals surface area contributed by atoms with E-state index in [2.05, 4.69) is 41.4 Å². The molecule has 102 valence electrons. The van der Waals surface area contributed by atoms with Crippen LogP contribution >= 0.6 is 15.9 Å². The molecule has 2 nitrogen and oxygen atoms in total. The van der Waals surface area contributed by atoms with E-state index < -0.39 is 0 Å². The van der Waals surface area contributed by atoms with E-state index in [1.807, 2.05) is 0 Å². The lowest BCUT2D eigenvalue weighted by molar-refractivity contribution is 0.229. The average Bonchev–Trinajstić information content (AvgIpc) is 2.59. The molecule has 1 aromatic heterocycles. The van der Waals surface area contributed by atoms with Crippen LogP contribution in [0.3, 0.4) is 0 Å². The van der Waals surface area contributed by atoms with Gasteiger partial charge >= 0.3 is 0 Å². The summed E-state index contributed by atoms with van der Waals surface area (Å²) in [5.74, 6) is 0. The topological polar surface area (TPSA) is 17.8 Å². The summed E-state index contributed by atoms with van der Waals surface area (Å²) in [7, 11) is 0. The minimum absolute atomic E-state index is 0.423. The van der Waals surface area contributed by atoms with Gasteiger partial charge in [0, 0.05) is 17.6 Å². The first-order valence-electron chi connectivity index (χ1n) is 7.14. The van der Waals surface area contributed by atoms with E-state index in [4.69, 9.17) is 5.10 Å². The second-order valence-electron chi connectivity index (χ2n) is 6.00. The van der Waals surface area contributed by atoms with Gasteiger partial charge in [0.25, 0.3) is 0 Å². The van der Waals surface area contributed by atoms with Gasteiger partial charge in [0.05, 0.1) is 5.69 Å². The maximum Gasteiger partial charge on any atom is 0.0625 e. The number of hydrogen-bond acceptors (Lipinski definition) is 1. The fourth-order valence-corrected chi connectivity index (χ4v) is 3.81. The van der Waals surface area contributed by atoms with Crippen LogP contribution in [0, 0.1) is 26.2 Å². The van der Waals surface area contributed by atoms with Crippen molar-refractivity contribution in [2.24, 2.45) is 5.41 Å². The molecule has 3 heteroatoms. The predicted molar refractivity (Wildman–Crippen MR) is 80.4 cm³/mol. The van der Waals surface area contributed by atoms with Gasteiger partial charge in [-0.25, -0.2) is 0 Å². The molecule has 1 saturated carbocycles. The SMILES string of the molecule is Cc1nn(CC2(CBr)CCCCCC2)c(C)c1C. The molecule has 1 aromatic rings. The van der Waals surface area contributed by atoms with E-state index >= 15 is 0 Å². The van der Waals surface area contributed by atoms with E-state index in [1.165, 1.54) is 55.5 Å². The van der Waals surface area contributed by atoms with Crippen molar-refractivity contribution in [3.05, 3.63) is 17.0 Å². The van der Waals surface area contributed by atoms with Gasteiger partial charge < -0.3 is 0 Å². The quantitative estimate of drug-likeness (QED) is 0.591. The summed E-state index contributed by atoms with van der Waals surface area (Å²) < 4.78 is 2.25. The first kappa shape index (κ1) is 14.1. The van der Waals surface area contributed by atoms with Gasteiger partial charge in [-0.05, 0) is 44.6 Å². The molecule has 0 atom stereocenters. The van der Waals surface area contributed by atoms with E-state index in [0.717, 1.165) is 11.9 Å². The Balaban J connectivity index is 2.20. The molecule has 0 spiro atoms. The van der Waals surface area contributed by atoms with Crippen LogP contribution in [0.4, 0.5) is 0 Å². The van der Waals surface area contributed by atoms with Crippen LogP contribution in [0.25, 0.3) is 0 Å². The summed E-state index contributed by atoms with van der Waals surface area (Å²) >= 11 is 3.77. The number of hydrogen-bond donors (Lipinski definition) is 0. The largest absolute Gasteiger partial charge is 0.269 e. The first-order valence-corrected chi connectivity index (χ1v) is 8.27. The Labute approximate surface area is 119 Å². The van der Waals surface area contributed by atoms with Crippen LogP contribution in [0.5, 0.6) is 0 Å². The molecule has 0 saturated heterocycles. The molecular formula is C15H25BrN2. The second-order valence-corrected chi connectivity index (χ2v) is 6.56. The molecule has 1 aliphatic carbocycles. The van der Waals surface area contributed by atoms with Crippen molar-refractivity contribution < 1.29 is 0 Å². The fourth-order valence-electron chi connectivity index (χ4n) is 3.07. The predicted octanol–water partition coefficient (Wildman–Crippen LogP) is 4.54. The van der Waals surface area contributed by atoms with Crippen LogP contribution in [0.1, 0.15) is 55.5 Å². The van der Waals surface area contributed by atoms with Crippen LogP contribution in [0.2, 0.25) is 0 Å². The third-order valence-corrected chi connectivity index (χ3v) is 5.87. The third-order valence-electron chi connectivity index (χ3n) is 4.68. The van der Waals surface area contributed by atoms with Crippen molar-refractivity contribution in [2.45, 2.75) is 65.8 Å². The van der Waals surface area contributed by atoms with Crippen LogP contribution < -0.4 is 0 Å². The molecule has 0 aromatic carbocycles. The zero-order chi connectivity index (χ0) is 13.2. The summed E-state index contributed by atoms with van der Waals surface area (Å²) in [6, 6.07) is 0. The maximum absolute atomic E-state index is 4.72. The Bertz CT molecular complexity index is 401. The molecule has 0 radical (unpaired) electrons. The lowest BCUT2D eigenvalue weighted by Crippen LogP contribution is -2.29. The minimum atomic E-state index is 0.423. The molecule has 0 bridgehead atoms. The van der Waals surface area contributed by atoms with Gasteiger partial charge in [-0.15, -0.1) is 0 Å². The molecule has 18 heavy (non-hydrogen) atoms. The number of aromatic nitrogens is 2. The lowest BCUT2D eigenvalue weighted by atomic mass is 9.82. The van der Waals surface area contributed by atoms with Crippen LogP contribution in [0.15, 0.2) is 0 Å². The number of halogens is 1. The summed E-state index contributed by atoms with van der Waals surface area (Å²) in [4.78, 5) is 0. The smallest absolute Gasteiger partial charge is 0.0625 e. The molecule has 0 amide bonds. The Kier molecular flexibility index (Phi) is 4.52. The van der Waals surface area contributed by atoms with Crippen molar-refractivity contribution in [3.8, 4) is 0 Å². The maximum atomic E-state index is 4.72. The summed E-state index contributed by atoms with van der Waals surface area (Å²) in [6.07, 6.45) is 8.26. The summed E-state index contributed by atoms with van der Waals surface area (Å²) in [5.41, 5.74) is 4.31. The molecule has 2 rings (SSSR count). The minimum Gasteiger partial charge on any atom is -0.269 e. The number of rotatable bonds is 3. The molecule has 0 N–H and O–H groups in total. The lowest BCUT2D eigenvalue weighted by Gasteiger charge is -2.31. The van der Waals surface area contributed by atoms with E-state index in [9.17, 15) is 0 Å². The van der Waals surface area contributed by atoms with Crippen molar-refractivity contribution in [3.63, 3.8) is 0 Å². The van der Waals surface area contributed by atoms with Gasteiger partial charge in [-0.2, -0.15) is 5.10 Å². The normalized spacial score (nSPS) is 19.8. The van der Waals surface area contributed by atoms with Crippen molar-refractivity contribution in [1.82, 2.24) is 9.78 Å². The Hall–Kier alpha value is -0.310. The average molecular weight is 313 g/mol. The molecule has 1 aliphatic rings.